The second-order valence-corrected chi connectivity index (χ2v) is 5.82. The Kier molecular flexibility index (Phi) is 9.49. The smallest absolute Gasteiger partial charge is 0.330 e. The molecule has 0 heterocycles. The largest absolute Gasteiger partial charge is 0.462 e. The third kappa shape index (κ3) is 8.55. The number of ether oxygens (including phenoxy) is 3. The fourth-order valence-corrected chi connectivity index (χ4v) is 1.58. The minimum absolute atomic E-state index is 0.0617. The first kappa shape index (κ1) is 21.4. The molecule has 0 N–H and O–H groups in total. The van der Waals surface area contributed by atoms with Gasteiger partial charge in [0.2, 0.25) is 0 Å². The van der Waals surface area contributed by atoms with Gasteiger partial charge in [-0.15, -0.1) is 0 Å². The van der Waals surface area contributed by atoms with E-state index in [2.05, 4.69) is 27.0 Å². The highest BCUT2D eigenvalue weighted by Gasteiger charge is 2.33. The molecule has 0 saturated carbocycles. The summed E-state index contributed by atoms with van der Waals surface area (Å²) in [6, 6.07) is 0. The molecule has 0 spiro atoms. The van der Waals surface area contributed by atoms with Gasteiger partial charge in [-0.25, -0.2) is 9.59 Å². The molecule has 2 radical (unpaired) electrons. The summed E-state index contributed by atoms with van der Waals surface area (Å²) in [4.78, 5) is 22.6. The molecule has 130 valence electrons. The van der Waals surface area contributed by atoms with Crippen LogP contribution in [0.1, 0.15) is 26.7 Å². The van der Waals surface area contributed by atoms with Gasteiger partial charge in [0.15, 0.2) is 0 Å². The Morgan fingerprint density at radius 1 is 0.870 bits per heavy atom. The summed E-state index contributed by atoms with van der Waals surface area (Å²) in [6.07, 6.45) is 3.54. The van der Waals surface area contributed by atoms with Crippen LogP contribution < -0.4 is 0 Å². The lowest BCUT2D eigenvalue weighted by atomic mass is 9.87. The fraction of sp³-hybridized carbons (Fsp3) is 0.556. The minimum atomic E-state index is -0.638. The SMILES string of the molecule is [CH2]C([CH2])(CC)COCC(CC)(COC(=O)C=C)COC(=O)C=C. The van der Waals surface area contributed by atoms with Crippen molar-refractivity contribution in [3.8, 4) is 0 Å². The van der Waals surface area contributed by atoms with Crippen LogP contribution in [0, 0.1) is 24.7 Å². The van der Waals surface area contributed by atoms with Crippen LogP contribution in [0.15, 0.2) is 25.3 Å². The van der Waals surface area contributed by atoms with Crippen LogP contribution in [0.5, 0.6) is 0 Å². The van der Waals surface area contributed by atoms with Gasteiger partial charge >= 0.3 is 11.9 Å². The third-order valence-corrected chi connectivity index (χ3v) is 3.69. The monoisotopic (exact) mass is 324 g/mol. The zero-order valence-corrected chi connectivity index (χ0v) is 14.3. The molecule has 5 heteroatoms. The standard InChI is InChI=1S/C18H28O5/c1-7-15(19)22-13-18(10-4,14-23-16(20)8-2)12-21-11-17(5,6)9-3/h7-8H,1-2,5-6,9-14H2,3-4H3. The van der Waals surface area contributed by atoms with Gasteiger partial charge in [-0.3, -0.25) is 0 Å². The first-order valence-corrected chi connectivity index (χ1v) is 7.61. The summed E-state index contributed by atoms with van der Waals surface area (Å²) in [7, 11) is 0. The van der Waals surface area contributed by atoms with Crippen LogP contribution in [-0.2, 0) is 23.8 Å². The van der Waals surface area contributed by atoms with Crippen LogP contribution in [0.2, 0.25) is 0 Å². The van der Waals surface area contributed by atoms with Gasteiger partial charge in [-0.1, -0.05) is 27.0 Å². The van der Waals surface area contributed by atoms with Crippen molar-refractivity contribution in [2.75, 3.05) is 26.4 Å². The lowest BCUT2D eigenvalue weighted by molar-refractivity contribution is -0.152. The first-order chi connectivity index (χ1) is 10.7. The summed E-state index contributed by atoms with van der Waals surface area (Å²) < 4.78 is 16.0. The average molecular weight is 324 g/mol. The Hall–Kier alpha value is -1.62. The van der Waals surface area contributed by atoms with Gasteiger partial charge in [0.1, 0.15) is 13.2 Å². The predicted octanol–water partition coefficient (Wildman–Crippen LogP) is 2.92. The van der Waals surface area contributed by atoms with Crippen molar-refractivity contribution >= 4 is 11.9 Å². The molecule has 0 aromatic rings. The molecule has 5 nitrogen and oxygen atoms in total. The average Bonchev–Trinajstić information content (AvgIpc) is 2.56. The van der Waals surface area contributed by atoms with Crippen molar-refractivity contribution < 1.29 is 23.8 Å². The van der Waals surface area contributed by atoms with Gasteiger partial charge in [0.25, 0.3) is 0 Å². The number of carbonyl (C=O) groups is 2. The van der Waals surface area contributed by atoms with Crippen molar-refractivity contribution in [2.24, 2.45) is 10.8 Å². The molecule has 0 aliphatic carbocycles. The van der Waals surface area contributed by atoms with Crippen molar-refractivity contribution in [1.29, 1.82) is 0 Å². The predicted molar refractivity (Wildman–Crippen MR) is 89.3 cm³/mol. The first-order valence-electron chi connectivity index (χ1n) is 7.61. The molecule has 0 aromatic carbocycles. The maximum absolute atomic E-state index is 11.3. The Morgan fingerprint density at radius 2 is 1.35 bits per heavy atom. The molecule has 0 amide bonds. The highest BCUT2D eigenvalue weighted by molar-refractivity contribution is 5.81. The molecule has 23 heavy (non-hydrogen) atoms. The Labute approximate surface area is 139 Å². The van der Waals surface area contributed by atoms with Crippen LogP contribution in [-0.4, -0.2) is 38.4 Å². The molecule has 0 aromatic heterocycles. The maximum Gasteiger partial charge on any atom is 0.330 e. The summed E-state index contributed by atoms with van der Waals surface area (Å²) >= 11 is 0. The number of hydrogen-bond acceptors (Lipinski definition) is 5. The summed E-state index contributed by atoms with van der Waals surface area (Å²) in [5, 5.41) is 0. The van der Waals surface area contributed by atoms with E-state index in [4.69, 9.17) is 14.2 Å². The molecule has 0 saturated heterocycles. The van der Waals surface area contributed by atoms with Crippen LogP contribution in [0.4, 0.5) is 0 Å². The van der Waals surface area contributed by atoms with Crippen LogP contribution in [0.25, 0.3) is 0 Å². The minimum Gasteiger partial charge on any atom is -0.462 e. The number of carbonyl (C=O) groups excluding carboxylic acids is 2. The number of esters is 2. The zero-order chi connectivity index (χ0) is 17.9. The van der Waals surface area contributed by atoms with E-state index in [-0.39, 0.29) is 19.8 Å². The topological polar surface area (TPSA) is 61.8 Å². The lowest BCUT2D eigenvalue weighted by Crippen LogP contribution is -2.39. The number of hydrogen-bond donors (Lipinski definition) is 0. The van der Waals surface area contributed by atoms with Crippen molar-refractivity contribution in [2.45, 2.75) is 26.7 Å². The number of rotatable bonds is 12. The van der Waals surface area contributed by atoms with Gasteiger partial charge in [0.05, 0.1) is 18.6 Å². The van der Waals surface area contributed by atoms with E-state index in [0.29, 0.717) is 13.0 Å². The van der Waals surface area contributed by atoms with E-state index in [1.54, 1.807) is 0 Å². The molecule has 0 rings (SSSR count). The maximum atomic E-state index is 11.3. The molecule has 0 bridgehead atoms. The van der Waals surface area contributed by atoms with Gasteiger partial charge < -0.3 is 14.2 Å². The molecule has 0 fully saturated rings. The Balaban J connectivity index is 4.85. The van der Waals surface area contributed by atoms with E-state index >= 15 is 0 Å². The second kappa shape index (κ2) is 10.2. The summed E-state index contributed by atoms with van der Waals surface area (Å²) in [6.45, 7) is 19.3. The molecule has 0 unspecified atom stereocenters. The van der Waals surface area contributed by atoms with Gasteiger partial charge in [0, 0.05) is 12.2 Å². The quantitative estimate of drug-likeness (QED) is 0.408. The molecule has 0 aliphatic rings. The van der Waals surface area contributed by atoms with Gasteiger partial charge in [-0.2, -0.15) is 0 Å². The molecule has 0 aliphatic heterocycles. The van der Waals surface area contributed by atoms with Crippen LogP contribution >= 0.6 is 0 Å². The van der Waals surface area contributed by atoms with E-state index in [9.17, 15) is 9.59 Å². The summed E-state index contributed by atoms with van der Waals surface area (Å²) in [5.41, 5.74) is -1.07. The van der Waals surface area contributed by atoms with Crippen LogP contribution in [0.3, 0.4) is 0 Å². The fourth-order valence-electron chi connectivity index (χ4n) is 1.58. The second-order valence-electron chi connectivity index (χ2n) is 5.82. The highest BCUT2D eigenvalue weighted by atomic mass is 16.6. The van der Waals surface area contributed by atoms with E-state index < -0.39 is 22.8 Å². The highest BCUT2D eigenvalue weighted by Crippen LogP contribution is 2.26. The van der Waals surface area contributed by atoms with Crippen molar-refractivity contribution in [3.63, 3.8) is 0 Å². The zero-order valence-electron chi connectivity index (χ0n) is 14.3. The Bertz CT molecular complexity index is 388. The molecule has 0 atom stereocenters. The lowest BCUT2D eigenvalue weighted by Gasteiger charge is -2.32. The third-order valence-electron chi connectivity index (χ3n) is 3.69. The van der Waals surface area contributed by atoms with Crippen molar-refractivity contribution in [1.82, 2.24) is 0 Å². The molecular weight excluding hydrogens is 296 g/mol. The van der Waals surface area contributed by atoms with E-state index in [1.165, 1.54) is 0 Å². The normalized spacial score (nSPS) is 11.7. The Morgan fingerprint density at radius 3 is 1.70 bits per heavy atom. The van der Waals surface area contributed by atoms with Crippen molar-refractivity contribution in [3.05, 3.63) is 39.2 Å². The molecular formula is C18H28O5. The summed E-state index contributed by atoms with van der Waals surface area (Å²) in [5.74, 6) is -1.06. The van der Waals surface area contributed by atoms with Gasteiger partial charge in [-0.05, 0) is 32.1 Å². The van der Waals surface area contributed by atoms with E-state index in [1.807, 2.05) is 13.8 Å². The van der Waals surface area contributed by atoms with E-state index in [0.717, 1.165) is 18.6 Å².